The summed E-state index contributed by atoms with van der Waals surface area (Å²) in [6, 6.07) is 4.53. The molecule has 1 N–H and O–H groups in total. The summed E-state index contributed by atoms with van der Waals surface area (Å²) >= 11 is 0. The van der Waals surface area contributed by atoms with Gasteiger partial charge in [0.15, 0.2) is 11.6 Å². The molecule has 1 amide bonds. The van der Waals surface area contributed by atoms with Crippen molar-refractivity contribution in [2.45, 2.75) is 45.6 Å². The van der Waals surface area contributed by atoms with Crippen LogP contribution in [-0.4, -0.2) is 46.2 Å². The minimum Gasteiger partial charge on any atom is -0.444 e. The van der Waals surface area contributed by atoms with Gasteiger partial charge >= 0.3 is 6.09 Å². The van der Waals surface area contributed by atoms with Gasteiger partial charge in [-0.1, -0.05) is 6.07 Å². The fourth-order valence-corrected chi connectivity index (χ4v) is 3.56. The number of hydrogen-bond donors (Lipinski definition) is 1. The molecule has 0 bridgehead atoms. The zero-order valence-electron chi connectivity index (χ0n) is 17.8. The van der Waals surface area contributed by atoms with Gasteiger partial charge in [0.05, 0.1) is 11.3 Å². The topological polar surface area (TPSA) is 79.5 Å². The van der Waals surface area contributed by atoms with E-state index in [1.807, 2.05) is 20.8 Å². The second-order valence-electron chi connectivity index (χ2n) is 8.77. The lowest BCUT2D eigenvalue weighted by Crippen LogP contribution is -2.42. The largest absolute Gasteiger partial charge is 0.444 e. The van der Waals surface area contributed by atoms with E-state index in [0.717, 1.165) is 12.1 Å². The number of Topliss-reactive ketones (excluding diaryl/α,β-unsaturated/α-hetero) is 1. The molecule has 1 aliphatic rings. The van der Waals surface area contributed by atoms with Crippen LogP contribution in [0.25, 0.3) is 0 Å². The first-order valence-corrected chi connectivity index (χ1v) is 10.2. The molecule has 6 nitrogen and oxygen atoms in total. The van der Waals surface area contributed by atoms with Gasteiger partial charge in [-0.15, -0.1) is 0 Å². The summed E-state index contributed by atoms with van der Waals surface area (Å²) in [5.74, 6) is -2.82. The maximum absolute atomic E-state index is 13.9. The average Bonchev–Trinajstić information content (AvgIpc) is 3.17. The number of piperidine rings is 1. The number of carbonyl (C=O) groups excluding carboxylic acids is 3. The van der Waals surface area contributed by atoms with Crippen LogP contribution in [0.1, 0.15) is 66.4 Å². The van der Waals surface area contributed by atoms with Crippen LogP contribution >= 0.6 is 0 Å². The number of H-pyrrole nitrogens is 1. The molecule has 0 radical (unpaired) electrons. The Kier molecular flexibility index (Phi) is 6.57. The summed E-state index contributed by atoms with van der Waals surface area (Å²) < 4.78 is 33.1. The normalized spacial score (nSPS) is 15.1. The lowest BCUT2D eigenvalue weighted by atomic mass is 9.91. The zero-order valence-corrected chi connectivity index (χ0v) is 17.8. The van der Waals surface area contributed by atoms with E-state index in [1.54, 1.807) is 4.90 Å². The molecular weight excluding hydrogens is 406 g/mol. The van der Waals surface area contributed by atoms with Gasteiger partial charge in [0, 0.05) is 31.3 Å². The van der Waals surface area contributed by atoms with Gasteiger partial charge in [0.25, 0.3) is 0 Å². The quantitative estimate of drug-likeness (QED) is 0.692. The van der Waals surface area contributed by atoms with Crippen molar-refractivity contribution in [3.63, 3.8) is 0 Å². The van der Waals surface area contributed by atoms with Crippen LogP contribution in [0.3, 0.4) is 0 Å². The standard InChI is InChI=1S/C23H26F2N2O4/c1-23(2,3)31-22(30)27-9-7-14(8-10-27)11-19(28)18-12-15(13-26-18)21(29)20-16(24)5-4-6-17(20)25/h4-6,12-14,26H,7-11H2,1-3H3. The van der Waals surface area contributed by atoms with E-state index >= 15 is 0 Å². The number of rotatable bonds is 5. The Morgan fingerprint density at radius 3 is 2.32 bits per heavy atom. The average molecular weight is 432 g/mol. The van der Waals surface area contributed by atoms with Gasteiger partial charge in [-0.25, -0.2) is 13.6 Å². The summed E-state index contributed by atoms with van der Waals surface area (Å²) in [5, 5.41) is 0. The molecule has 2 heterocycles. The summed E-state index contributed by atoms with van der Waals surface area (Å²) in [6.45, 7) is 6.45. The van der Waals surface area contributed by atoms with Crippen LogP contribution in [0.5, 0.6) is 0 Å². The molecule has 1 saturated heterocycles. The SMILES string of the molecule is CC(C)(C)OC(=O)N1CCC(CC(=O)c2cc(C(=O)c3c(F)cccc3F)c[nH]2)CC1. The molecule has 1 fully saturated rings. The van der Waals surface area contributed by atoms with Gasteiger partial charge in [-0.2, -0.15) is 0 Å². The van der Waals surface area contributed by atoms with Crippen molar-refractivity contribution < 1.29 is 27.9 Å². The molecule has 2 aromatic rings. The molecule has 8 heteroatoms. The first-order chi connectivity index (χ1) is 14.5. The number of aromatic amines is 1. The zero-order chi connectivity index (χ0) is 22.8. The Morgan fingerprint density at radius 1 is 1.13 bits per heavy atom. The third-order valence-electron chi connectivity index (χ3n) is 5.18. The number of ketones is 2. The summed E-state index contributed by atoms with van der Waals surface area (Å²) in [7, 11) is 0. The number of likely N-dealkylation sites (tertiary alicyclic amines) is 1. The Bertz CT molecular complexity index is 965. The Labute approximate surface area is 179 Å². The molecule has 31 heavy (non-hydrogen) atoms. The second kappa shape index (κ2) is 8.99. The van der Waals surface area contributed by atoms with Crippen LogP contribution in [0.4, 0.5) is 13.6 Å². The van der Waals surface area contributed by atoms with E-state index in [1.165, 1.54) is 18.3 Å². The Hall–Kier alpha value is -3.03. The monoisotopic (exact) mass is 432 g/mol. The van der Waals surface area contributed by atoms with E-state index < -0.39 is 28.6 Å². The molecule has 0 saturated carbocycles. The highest BCUT2D eigenvalue weighted by Crippen LogP contribution is 2.24. The summed E-state index contributed by atoms with van der Waals surface area (Å²) in [6.07, 6.45) is 2.51. The molecule has 1 aliphatic heterocycles. The molecule has 1 aromatic heterocycles. The van der Waals surface area contributed by atoms with Crippen LogP contribution in [0.2, 0.25) is 0 Å². The van der Waals surface area contributed by atoms with Crippen molar-refractivity contribution in [1.82, 2.24) is 9.88 Å². The minimum absolute atomic E-state index is 0.0205. The predicted molar refractivity (Wildman–Crippen MR) is 110 cm³/mol. The molecule has 0 unspecified atom stereocenters. The Balaban J connectivity index is 1.58. The molecule has 3 rings (SSSR count). The highest BCUT2D eigenvalue weighted by atomic mass is 19.1. The second-order valence-corrected chi connectivity index (χ2v) is 8.77. The number of halogens is 2. The fourth-order valence-electron chi connectivity index (χ4n) is 3.56. The minimum atomic E-state index is -0.948. The number of amides is 1. The van der Waals surface area contributed by atoms with Gasteiger partial charge < -0.3 is 14.6 Å². The van der Waals surface area contributed by atoms with Crippen molar-refractivity contribution >= 4 is 17.7 Å². The first-order valence-electron chi connectivity index (χ1n) is 10.2. The van der Waals surface area contributed by atoms with E-state index in [9.17, 15) is 23.2 Å². The number of aromatic nitrogens is 1. The molecule has 0 aliphatic carbocycles. The van der Waals surface area contributed by atoms with Gasteiger partial charge in [-0.3, -0.25) is 9.59 Å². The summed E-state index contributed by atoms with van der Waals surface area (Å²) in [4.78, 5) is 41.6. The number of nitrogens with one attached hydrogen (secondary N) is 1. The van der Waals surface area contributed by atoms with Gasteiger partial charge in [-0.05, 0) is 57.7 Å². The number of ether oxygens (including phenoxy) is 1. The number of nitrogens with zero attached hydrogens (tertiary/aromatic N) is 1. The molecule has 0 atom stereocenters. The highest BCUT2D eigenvalue weighted by Gasteiger charge is 2.28. The molecule has 0 spiro atoms. The van der Waals surface area contributed by atoms with E-state index in [4.69, 9.17) is 4.74 Å². The third-order valence-corrected chi connectivity index (χ3v) is 5.18. The Morgan fingerprint density at radius 2 is 1.74 bits per heavy atom. The van der Waals surface area contributed by atoms with Crippen molar-refractivity contribution in [1.29, 1.82) is 0 Å². The van der Waals surface area contributed by atoms with Gasteiger partial charge in [0.2, 0.25) is 0 Å². The van der Waals surface area contributed by atoms with Crippen molar-refractivity contribution in [2.75, 3.05) is 13.1 Å². The van der Waals surface area contributed by atoms with Crippen LogP contribution < -0.4 is 0 Å². The van der Waals surface area contributed by atoms with Crippen LogP contribution in [0, 0.1) is 17.6 Å². The van der Waals surface area contributed by atoms with Gasteiger partial charge in [0.1, 0.15) is 17.2 Å². The third kappa shape index (κ3) is 5.57. The lowest BCUT2D eigenvalue weighted by Gasteiger charge is -2.33. The van der Waals surface area contributed by atoms with Crippen molar-refractivity contribution in [3.8, 4) is 0 Å². The number of hydrogen-bond acceptors (Lipinski definition) is 4. The maximum Gasteiger partial charge on any atom is 0.410 e. The molecule has 1 aromatic carbocycles. The van der Waals surface area contributed by atoms with E-state index in [0.29, 0.717) is 25.9 Å². The number of benzene rings is 1. The van der Waals surface area contributed by atoms with Crippen LogP contribution in [-0.2, 0) is 4.74 Å². The lowest BCUT2D eigenvalue weighted by molar-refractivity contribution is 0.0183. The number of carbonyl (C=O) groups is 3. The van der Waals surface area contributed by atoms with E-state index in [-0.39, 0.29) is 35.5 Å². The van der Waals surface area contributed by atoms with Crippen molar-refractivity contribution in [2.24, 2.45) is 5.92 Å². The highest BCUT2D eigenvalue weighted by molar-refractivity contribution is 6.10. The summed E-state index contributed by atoms with van der Waals surface area (Å²) in [5.41, 5.74) is -0.963. The predicted octanol–water partition coefficient (Wildman–Crippen LogP) is 4.74. The van der Waals surface area contributed by atoms with E-state index in [2.05, 4.69) is 4.98 Å². The molecule has 166 valence electrons. The first kappa shape index (κ1) is 22.7. The van der Waals surface area contributed by atoms with Crippen molar-refractivity contribution in [3.05, 3.63) is 58.9 Å². The van der Waals surface area contributed by atoms with Crippen LogP contribution in [0.15, 0.2) is 30.5 Å². The smallest absolute Gasteiger partial charge is 0.410 e. The fraction of sp³-hybridized carbons (Fsp3) is 0.435. The maximum atomic E-state index is 13.9. The molecular formula is C23H26F2N2O4.